The summed E-state index contributed by atoms with van der Waals surface area (Å²) in [6.45, 7) is 2.32. The lowest BCUT2D eigenvalue weighted by Crippen LogP contribution is -2.16. The molecule has 200 valence electrons. The Balaban J connectivity index is 1.82. The number of benzene rings is 3. The predicted octanol–water partition coefficient (Wildman–Crippen LogP) is 5.84. The highest BCUT2D eigenvalue weighted by atomic mass is 35.5. The van der Waals surface area contributed by atoms with Crippen LogP contribution in [-0.2, 0) is 28.5 Å². The van der Waals surface area contributed by atoms with Crippen molar-refractivity contribution in [1.29, 1.82) is 0 Å². The van der Waals surface area contributed by atoms with Crippen LogP contribution >= 0.6 is 23.2 Å². The molecule has 4 rings (SSSR count). The second-order valence-electron chi connectivity index (χ2n) is 9.42. The SMILES string of the molecule is CC(C)(O)c1cn(-c2ccc(-c3cc(F)c(CO)c(S(C)(=O)=O)c3)cc2F)c(Cc2ccc(Cl)cc2Cl)n1. The van der Waals surface area contributed by atoms with E-state index in [4.69, 9.17) is 23.2 Å². The Hall–Kier alpha value is -2.82. The van der Waals surface area contributed by atoms with Crippen molar-refractivity contribution < 1.29 is 27.4 Å². The highest BCUT2D eigenvalue weighted by molar-refractivity contribution is 7.90. The second kappa shape index (κ2) is 10.4. The summed E-state index contributed by atoms with van der Waals surface area (Å²) in [6, 6.07) is 11.4. The minimum atomic E-state index is -3.86. The molecule has 0 aliphatic rings. The van der Waals surface area contributed by atoms with Crippen molar-refractivity contribution in [3.8, 4) is 16.8 Å². The number of hydrogen-bond acceptors (Lipinski definition) is 5. The molecule has 2 N–H and O–H groups in total. The van der Waals surface area contributed by atoms with Gasteiger partial charge in [0.2, 0.25) is 0 Å². The van der Waals surface area contributed by atoms with Gasteiger partial charge in [-0.3, -0.25) is 0 Å². The Morgan fingerprint density at radius 3 is 2.26 bits per heavy atom. The average Bonchev–Trinajstić information content (AvgIpc) is 3.24. The largest absolute Gasteiger partial charge is 0.392 e. The summed E-state index contributed by atoms with van der Waals surface area (Å²) in [5.41, 5.74) is -0.209. The number of aliphatic hydroxyl groups excluding tert-OH is 1. The Bertz CT molecular complexity index is 1650. The summed E-state index contributed by atoms with van der Waals surface area (Å²) in [4.78, 5) is 4.15. The zero-order chi connectivity index (χ0) is 28.0. The number of imidazole rings is 1. The van der Waals surface area contributed by atoms with E-state index in [-0.39, 0.29) is 33.7 Å². The van der Waals surface area contributed by atoms with E-state index >= 15 is 4.39 Å². The number of halogens is 4. The van der Waals surface area contributed by atoms with Crippen molar-refractivity contribution in [2.75, 3.05) is 6.26 Å². The van der Waals surface area contributed by atoms with Gasteiger partial charge in [0.25, 0.3) is 0 Å². The lowest BCUT2D eigenvalue weighted by atomic mass is 10.0. The zero-order valence-corrected chi connectivity index (χ0v) is 23.0. The fourth-order valence-electron chi connectivity index (χ4n) is 4.03. The summed E-state index contributed by atoms with van der Waals surface area (Å²) in [6.07, 6.45) is 2.63. The Kier molecular flexibility index (Phi) is 7.71. The molecule has 38 heavy (non-hydrogen) atoms. The normalized spacial score (nSPS) is 12.2. The topological polar surface area (TPSA) is 92.4 Å². The molecule has 0 aliphatic heterocycles. The van der Waals surface area contributed by atoms with Gasteiger partial charge in [-0.05, 0) is 66.9 Å². The molecule has 0 saturated heterocycles. The summed E-state index contributed by atoms with van der Waals surface area (Å²) in [7, 11) is -3.86. The van der Waals surface area contributed by atoms with Gasteiger partial charge in [-0.15, -0.1) is 0 Å². The molecule has 1 aromatic heterocycles. The molecule has 0 amide bonds. The maximum absolute atomic E-state index is 15.6. The van der Waals surface area contributed by atoms with Crippen molar-refractivity contribution in [3.05, 3.63) is 99.1 Å². The van der Waals surface area contributed by atoms with Crippen LogP contribution in [0, 0.1) is 11.6 Å². The van der Waals surface area contributed by atoms with Crippen LogP contribution in [0.5, 0.6) is 0 Å². The lowest BCUT2D eigenvalue weighted by molar-refractivity contribution is 0.0741. The molecule has 0 bridgehead atoms. The molecular formula is C27H24Cl2F2N2O4S. The van der Waals surface area contributed by atoms with Crippen molar-refractivity contribution in [2.24, 2.45) is 0 Å². The molecule has 0 spiro atoms. The summed E-state index contributed by atoms with van der Waals surface area (Å²) >= 11 is 12.3. The van der Waals surface area contributed by atoms with E-state index in [2.05, 4.69) is 4.98 Å². The minimum Gasteiger partial charge on any atom is -0.392 e. The molecule has 6 nitrogen and oxygen atoms in total. The molecule has 0 aliphatic carbocycles. The van der Waals surface area contributed by atoms with Crippen LogP contribution in [0.25, 0.3) is 16.8 Å². The van der Waals surface area contributed by atoms with Crippen LogP contribution in [-0.4, -0.2) is 34.4 Å². The molecule has 1 heterocycles. The lowest BCUT2D eigenvalue weighted by Gasteiger charge is -2.14. The average molecular weight is 581 g/mol. The van der Waals surface area contributed by atoms with E-state index in [1.807, 2.05) is 0 Å². The third-order valence-corrected chi connectivity index (χ3v) is 7.77. The van der Waals surface area contributed by atoms with Gasteiger partial charge in [0.05, 0.1) is 22.9 Å². The van der Waals surface area contributed by atoms with Crippen molar-refractivity contribution >= 4 is 33.0 Å². The minimum absolute atomic E-state index is 0.104. The smallest absolute Gasteiger partial charge is 0.176 e. The van der Waals surface area contributed by atoms with Crippen LogP contribution in [0.1, 0.15) is 36.5 Å². The first kappa shape index (κ1) is 28.2. The highest BCUT2D eigenvalue weighted by Gasteiger charge is 2.24. The summed E-state index contributed by atoms with van der Waals surface area (Å²) < 4.78 is 56.0. The number of nitrogens with zero attached hydrogens (tertiary/aromatic N) is 2. The van der Waals surface area contributed by atoms with Crippen molar-refractivity contribution in [3.63, 3.8) is 0 Å². The third-order valence-electron chi connectivity index (χ3n) is 6.02. The Morgan fingerprint density at radius 1 is 1.00 bits per heavy atom. The number of hydrogen-bond donors (Lipinski definition) is 2. The first-order chi connectivity index (χ1) is 17.7. The molecule has 0 atom stereocenters. The Labute approximate surface area is 229 Å². The standard InChI is InChI=1S/C27H24Cl2F2N2O4S/c1-27(2,35)25-13-33(26(32-25)11-16-4-6-18(28)12-20(16)29)23-7-5-15(8-22(23)31)17-9-21(30)19(14-34)24(10-17)38(3,36)37/h4-10,12-13,34-35H,11,14H2,1-3H3. The van der Waals surface area contributed by atoms with Crippen LogP contribution in [0.4, 0.5) is 8.78 Å². The monoisotopic (exact) mass is 580 g/mol. The van der Waals surface area contributed by atoms with Crippen molar-refractivity contribution in [1.82, 2.24) is 9.55 Å². The van der Waals surface area contributed by atoms with Gasteiger partial charge in [-0.25, -0.2) is 22.2 Å². The van der Waals surface area contributed by atoms with E-state index < -0.39 is 33.7 Å². The molecular weight excluding hydrogens is 557 g/mol. The fraction of sp³-hybridized carbons (Fsp3) is 0.222. The van der Waals surface area contributed by atoms with Gasteiger partial charge in [0.1, 0.15) is 23.1 Å². The molecule has 0 unspecified atom stereocenters. The van der Waals surface area contributed by atoms with Crippen LogP contribution in [0.2, 0.25) is 10.0 Å². The molecule has 11 heteroatoms. The number of rotatable bonds is 7. The first-order valence-electron chi connectivity index (χ1n) is 11.4. The summed E-state index contributed by atoms with van der Waals surface area (Å²) in [5, 5.41) is 20.9. The molecule has 0 radical (unpaired) electrons. The van der Waals surface area contributed by atoms with E-state index in [0.29, 0.717) is 27.1 Å². The molecule has 0 fully saturated rings. The van der Waals surface area contributed by atoms with E-state index in [1.54, 1.807) is 32.0 Å². The van der Waals surface area contributed by atoms with E-state index in [0.717, 1.165) is 18.4 Å². The number of aliphatic hydroxyl groups is 2. The molecule has 0 saturated carbocycles. The van der Waals surface area contributed by atoms with Crippen molar-refractivity contribution in [2.45, 2.75) is 37.4 Å². The maximum Gasteiger partial charge on any atom is 0.176 e. The second-order valence-corrected chi connectivity index (χ2v) is 12.2. The quantitative estimate of drug-likeness (QED) is 0.286. The fourth-order valence-corrected chi connectivity index (χ4v) is 5.45. The third kappa shape index (κ3) is 5.77. The van der Waals surface area contributed by atoms with E-state index in [1.165, 1.54) is 29.0 Å². The maximum atomic E-state index is 15.6. The Morgan fingerprint density at radius 2 is 1.68 bits per heavy atom. The first-order valence-corrected chi connectivity index (χ1v) is 14.0. The van der Waals surface area contributed by atoms with Gasteiger partial charge < -0.3 is 14.8 Å². The van der Waals surface area contributed by atoms with Crippen LogP contribution in [0.15, 0.2) is 59.6 Å². The van der Waals surface area contributed by atoms with E-state index in [9.17, 15) is 23.0 Å². The van der Waals surface area contributed by atoms with Crippen LogP contribution in [0.3, 0.4) is 0 Å². The number of aromatic nitrogens is 2. The van der Waals surface area contributed by atoms with Gasteiger partial charge in [0, 0.05) is 34.5 Å². The highest BCUT2D eigenvalue weighted by Crippen LogP contribution is 2.32. The molecule has 3 aromatic carbocycles. The molecule has 4 aromatic rings. The summed E-state index contributed by atoms with van der Waals surface area (Å²) in [5.74, 6) is -1.21. The van der Waals surface area contributed by atoms with Gasteiger partial charge in [-0.2, -0.15) is 0 Å². The number of sulfone groups is 1. The van der Waals surface area contributed by atoms with Gasteiger partial charge >= 0.3 is 0 Å². The predicted molar refractivity (Wildman–Crippen MR) is 142 cm³/mol. The van der Waals surface area contributed by atoms with Gasteiger partial charge in [0.15, 0.2) is 9.84 Å². The van der Waals surface area contributed by atoms with Gasteiger partial charge in [-0.1, -0.05) is 35.3 Å². The zero-order valence-electron chi connectivity index (χ0n) is 20.6. The van der Waals surface area contributed by atoms with Crippen LogP contribution < -0.4 is 0 Å².